The second-order valence-electron chi connectivity index (χ2n) is 6.55. The van der Waals surface area contributed by atoms with E-state index in [0.29, 0.717) is 4.90 Å². The third-order valence-electron chi connectivity index (χ3n) is 4.45. The number of halogens is 2. The first-order valence-corrected chi connectivity index (χ1v) is 9.32. The van der Waals surface area contributed by atoms with E-state index in [1.807, 2.05) is 0 Å². The van der Waals surface area contributed by atoms with Crippen LogP contribution in [0.15, 0.2) is 42.5 Å². The van der Waals surface area contributed by atoms with Gasteiger partial charge in [0.15, 0.2) is 6.61 Å². The second-order valence-corrected chi connectivity index (χ2v) is 6.55. The molecule has 0 radical (unpaired) electrons. The minimum atomic E-state index is -3.11. The number of para-hydroxylation sites is 2. The zero-order chi connectivity index (χ0) is 24.1. The molecule has 3 rings (SSSR count). The number of carbonyl (C=O) groups is 4. The van der Waals surface area contributed by atoms with Gasteiger partial charge in [0.2, 0.25) is 0 Å². The molecule has 0 unspecified atom stereocenters. The molecule has 1 aliphatic heterocycles. The van der Waals surface area contributed by atoms with Crippen LogP contribution in [0.25, 0.3) is 0 Å². The summed E-state index contributed by atoms with van der Waals surface area (Å²) in [6.45, 7) is -4.30. The van der Waals surface area contributed by atoms with E-state index >= 15 is 0 Å². The van der Waals surface area contributed by atoms with Crippen molar-refractivity contribution < 1.29 is 42.4 Å². The van der Waals surface area contributed by atoms with Gasteiger partial charge in [0.25, 0.3) is 23.4 Å². The van der Waals surface area contributed by atoms with Gasteiger partial charge in [-0.05, 0) is 18.2 Å². The van der Waals surface area contributed by atoms with Crippen molar-refractivity contribution in [1.82, 2.24) is 4.90 Å². The number of rotatable bonds is 9. The Kier molecular flexibility index (Phi) is 6.91. The van der Waals surface area contributed by atoms with E-state index < -0.39 is 60.5 Å². The Labute approximate surface area is 184 Å². The van der Waals surface area contributed by atoms with Crippen molar-refractivity contribution in [3.05, 3.63) is 63.7 Å². The molecular formula is C20H15F2N3O8. The first kappa shape index (κ1) is 23.2. The summed E-state index contributed by atoms with van der Waals surface area (Å²) in [5.74, 6) is -3.77. The Balaban J connectivity index is 1.53. The average Bonchev–Trinajstić information content (AvgIpc) is 3.01. The maximum Gasteiger partial charge on any atom is 0.387 e. The van der Waals surface area contributed by atoms with Crippen molar-refractivity contribution >= 4 is 35.1 Å². The molecule has 1 heterocycles. The summed E-state index contributed by atoms with van der Waals surface area (Å²) in [5.41, 5.74) is -1.09. The van der Waals surface area contributed by atoms with Gasteiger partial charge in [0.1, 0.15) is 11.3 Å². The second kappa shape index (κ2) is 9.80. The molecule has 33 heavy (non-hydrogen) atoms. The van der Waals surface area contributed by atoms with Gasteiger partial charge in [0, 0.05) is 12.6 Å². The number of imide groups is 1. The van der Waals surface area contributed by atoms with Crippen LogP contribution in [-0.2, 0) is 14.3 Å². The predicted octanol–water partition coefficient (Wildman–Crippen LogP) is 2.36. The number of amides is 3. The van der Waals surface area contributed by atoms with Gasteiger partial charge >= 0.3 is 12.6 Å². The highest BCUT2D eigenvalue weighted by Crippen LogP contribution is 2.30. The molecule has 2 aromatic rings. The SMILES string of the molecule is O=C(COC(=O)CCN1C(=O)c2cccc([N+](=O)[O-])c2C1=O)Nc1ccccc1OC(F)F. The Morgan fingerprint density at radius 1 is 1.09 bits per heavy atom. The van der Waals surface area contributed by atoms with Crippen LogP contribution in [-0.4, -0.2) is 53.3 Å². The van der Waals surface area contributed by atoms with Crippen LogP contribution in [0.5, 0.6) is 5.75 Å². The molecule has 0 aromatic heterocycles. The van der Waals surface area contributed by atoms with Crippen LogP contribution in [0.3, 0.4) is 0 Å². The summed E-state index contributed by atoms with van der Waals surface area (Å²) in [6.07, 6.45) is -0.475. The van der Waals surface area contributed by atoms with Gasteiger partial charge in [-0.25, -0.2) is 0 Å². The molecule has 0 saturated carbocycles. The van der Waals surface area contributed by atoms with Gasteiger partial charge < -0.3 is 14.8 Å². The monoisotopic (exact) mass is 463 g/mol. The van der Waals surface area contributed by atoms with E-state index in [9.17, 15) is 38.1 Å². The number of fused-ring (bicyclic) bond motifs is 1. The van der Waals surface area contributed by atoms with E-state index in [1.54, 1.807) is 0 Å². The highest BCUT2D eigenvalue weighted by Gasteiger charge is 2.40. The van der Waals surface area contributed by atoms with E-state index in [0.717, 1.165) is 6.07 Å². The molecule has 172 valence electrons. The molecule has 2 aromatic carbocycles. The van der Waals surface area contributed by atoms with Crippen LogP contribution < -0.4 is 10.1 Å². The summed E-state index contributed by atoms with van der Waals surface area (Å²) in [6, 6.07) is 9.02. The lowest BCUT2D eigenvalue weighted by Crippen LogP contribution is -2.32. The smallest absolute Gasteiger partial charge is 0.387 e. The zero-order valence-corrected chi connectivity index (χ0v) is 16.7. The summed E-state index contributed by atoms with van der Waals surface area (Å²) in [4.78, 5) is 59.7. The fourth-order valence-corrected chi connectivity index (χ4v) is 3.05. The number of carbonyl (C=O) groups excluding carboxylic acids is 4. The van der Waals surface area contributed by atoms with Gasteiger partial charge in [-0.1, -0.05) is 18.2 Å². The Morgan fingerprint density at radius 2 is 1.82 bits per heavy atom. The lowest BCUT2D eigenvalue weighted by atomic mass is 10.1. The number of hydrogen-bond acceptors (Lipinski definition) is 8. The lowest BCUT2D eigenvalue weighted by molar-refractivity contribution is -0.385. The van der Waals surface area contributed by atoms with Gasteiger partial charge in [-0.15, -0.1) is 0 Å². The molecule has 11 nitrogen and oxygen atoms in total. The van der Waals surface area contributed by atoms with E-state index in [1.165, 1.54) is 36.4 Å². The fraction of sp³-hybridized carbons (Fsp3) is 0.200. The van der Waals surface area contributed by atoms with Gasteiger partial charge in [-0.2, -0.15) is 8.78 Å². The average molecular weight is 463 g/mol. The number of nitrogens with zero attached hydrogens (tertiary/aromatic N) is 2. The molecule has 1 N–H and O–H groups in total. The maximum absolute atomic E-state index is 12.4. The van der Waals surface area contributed by atoms with Gasteiger partial charge in [0.05, 0.1) is 22.6 Å². The summed E-state index contributed by atoms with van der Waals surface area (Å²) in [7, 11) is 0. The lowest BCUT2D eigenvalue weighted by Gasteiger charge is -2.13. The molecule has 0 saturated heterocycles. The molecule has 0 fully saturated rings. The topological polar surface area (TPSA) is 145 Å². The van der Waals surface area contributed by atoms with Crippen molar-refractivity contribution in [2.24, 2.45) is 0 Å². The van der Waals surface area contributed by atoms with Crippen molar-refractivity contribution in [3.8, 4) is 5.75 Å². The van der Waals surface area contributed by atoms with Crippen molar-refractivity contribution in [2.45, 2.75) is 13.0 Å². The molecule has 1 aliphatic rings. The van der Waals surface area contributed by atoms with Crippen LogP contribution in [0, 0.1) is 10.1 Å². The molecule has 0 spiro atoms. The molecule has 0 atom stereocenters. The van der Waals surface area contributed by atoms with Gasteiger partial charge in [-0.3, -0.25) is 34.2 Å². The maximum atomic E-state index is 12.4. The van der Waals surface area contributed by atoms with Crippen LogP contribution in [0.2, 0.25) is 0 Å². The first-order chi connectivity index (χ1) is 15.7. The number of nitro benzene ring substituents is 1. The zero-order valence-electron chi connectivity index (χ0n) is 16.7. The third kappa shape index (κ3) is 5.26. The largest absolute Gasteiger partial charge is 0.456 e. The molecular weight excluding hydrogens is 448 g/mol. The number of benzene rings is 2. The number of esters is 1. The number of hydrogen-bond donors (Lipinski definition) is 1. The normalized spacial score (nSPS) is 12.5. The van der Waals surface area contributed by atoms with Crippen LogP contribution >= 0.6 is 0 Å². The standard InChI is InChI=1S/C20H15F2N3O8/c21-20(22)33-14-7-2-1-5-12(14)23-15(26)10-32-16(27)8-9-24-18(28)11-4-3-6-13(25(30)31)17(11)19(24)29/h1-7,20H,8-10H2,(H,23,26). The van der Waals surface area contributed by atoms with Crippen LogP contribution in [0.1, 0.15) is 27.1 Å². The van der Waals surface area contributed by atoms with E-state index in [2.05, 4.69) is 10.1 Å². The van der Waals surface area contributed by atoms with E-state index in [-0.39, 0.29) is 22.6 Å². The summed E-state index contributed by atoms with van der Waals surface area (Å²) < 4.78 is 33.9. The molecule has 3 amide bonds. The number of anilines is 1. The summed E-state index contributed by atoms with van der Waals surface area (Å²) >= 11 is 0. The van der Waals surface area contributed by atoms with E-state index in [4.69, 9.17) is 4.74 Å². The van der Waals surface area contributed by atoms with Crippen LogP contribution in [0.4, 0.5) is 20.2 Å². The molecule has 13 heteroatoms. The Bertz CT molecular complexity index is 1140. The van der Waals surface area contributed by atoms with Crippen molar-refractivity contribution in [3.63, 3.8) is 0 Å². The quantitative estimate of drug-likeness (QED) is 0.258. The fourth-order valence-electron chi connectivity index (χ4n) is 3.05. The minimum Gasteiger partial charge on any atom is -0.456 e. The third-order valence-corrected chi connectivity index (χ3v) is 4.45. The minimum absolute atomic E-state index is 0.0635. The van der Waals surface area contributed by atoms with Crippen molar-refractivity contribution in [2.75, 3.05) is 18.5 Å². The number of alkyl halides is 2. The highest BCUT2D eigenvalue weighted by atomic mass is 19.3. The predicted molar refractivity (Wildman–Crippen MR) is 106 cm³/mol. The van der Waals surface area contributed by atoms with Crippen molar-refractivity contribution in [1.29, 1.82) is 0 Å². The summed E-state index contributed by atoms with van der Waals surface area (Å²) in [5, 5.41) is 13.4. The first-order valence-electron chi connectivity index (χ1n) is 9.32. The molecule has 0 aliphatic carbocycles. The molecule has 0 bridgehead atoms. The number of nitrogens with one attached hydrogen (secondary N) is 1. The number of nitro groups is 1. The highest BCUT2D eigenvalue weighted by molar-refractivity contribution is 6.23. The Hall–Kier alpha value is -4.42. The number of ether oxygens (including phenoxy) is 2. The Morgan fingerprint density at radius 3 is 2.52 bits per heavy atom.